The number of esters is 1. The molecule has 0 fully saturated rings. The molecule has 1 aromatic carbocycles. The van der Waals surface area contributed by atoms with Gasteiger partial charge in [-0.3, -0.25) is 9.36 Å². The Kier molecular flexibility index (Phi) is 4.89. The zero-order valence-corrected chi connectivity index (χ0v) is 14.9. The van der Waals surface area contributed by atoms with Gasteiger partial charge in [-0.1, -0.05) is 5.16 Å². The third-order valence-electron chi connectivity index (χ3n) is 4.01. The molecule has 0 N–H and O–H groups in total. The van der Waals surface area contributed by atoms with Crippen molar-refractivity contribution in [1.29, 1.82) is 0 Å². The fraction of sp³-hybridized carbons (Fsp3) is 0.211. The van der Waals surface area contributed by atoms with Crippen LogP contribution in [0.4, 0.5) is 8.78 Å². The molecule has 0 saturated carbocycles. The van der Waals surface area contributed by atoms with Gasteiger partial charge in [0.15, 0.2) is 12.4 Å². The Morgan fingerprint density at radius 2 is 1.74 bits per heavy atom. The second-order valence-corrected chi connectivity index (χ2v) is 6.07. The van der Waals surface area contributed by atoms with Crippen LogP contribution in [0.5, 0.6) is 0 Å². The Morgan fingerprint density at radius 1 is 1.07 bits per heavy atom. The summed E-state index contributed by atoms with van der Waals surface area (Å²) in [4.78, 5) is 24.4. The lowest BCUT2D eigenvalue weighted by atomic mass is 10.1. The molecule has 0 aliphatic heterocycles. The topological polar surface area (TPSA) is 74.3 Å². The smallest absolute Gasteiger partial charge is 0.338 e. The maximum absolute atomic E-state index is 13.2. The van der Waals surface area contributed by atoms with Crippen LogP contribution in [0.2, 0.25) is 0 Å². The minimum absolute atomic E-state index is 0.302. The normalized spacial score (nSPS) is 10.9. The van der Waals surface area contributed by atoms with E-state index in [-0.39, 0.29) is 5.56 Å². The number of benzene rings is 1. The van der Waals surface area contributed by atoms with Gasteiger partial charge in [-0.2, -0.15) is 0 Å². The van der Waals surface area contributed by atoms with Gasteiger partial charge < -0.3 is 9.26 Å². The summed E-state index contributed by atoms with van der Waals surface area (Å²) in [5.74, 6) is -2.07. The van der Waals surface area contributed by atoms with Gasteiger partial charge in [-0.25, -0.2) is 13.6 Å². The van der Waals surface area contributed by atoms with Crippen molar-refractivity contribution < 1.29 is 27.6 Å². The highest BCUT2D eigenvalue weighted by atomic mass is 19.1. The zero-order valence-electron chi connectivity index (χ0n) is 14.9. The number of aryl methyl sites for hydroxylation is 2. The summed E-state index contributed by atoms with van der Waals surface area (Å²) in [5, 5.41) is 3.93. The van der Waals surface area contributed by atoms with Gasteiger partial charge in [0, 0.05) is 29.1 Å². The van der Waals surface area contributed by atoms with Gasteiger partial charge in [0.05, 0.1) is 5.56 Å². The van der Waals surface area contributed by atoms with Gasteiger partial charge >= 0.3 is 5.97 Å². The molecule has 0 bridgehead atoms. The lowest BCUT2D eigenvalue weighted by molar-refractivity contribution is 0.0473. The summed E-state index contributed by atoms with van der Waals surface area (Å²) < 4.78 is 38.1. The van der Waals surface area contributed by atoms with E-state index in [2.05, 4.69) is 5.16 Å². The number of carbonyl (C=O) groups excluding carboxylic acids is 2. The molecule has 2 heterocycles. The molecule has 6 nitrogen and oxygen atoms in total. The molecule has 8 heteroatoms. The summed E-state index contributed by atoms with van der Waals surface area (Å²) in [6.07, 6.45) is 0. The molecular weight excluding hydrogens is 358 g/mol. The summed E-state index contributed by atoms with van der Waals surface area (Å²) in [5.41, 5.74) is 1.41. The van der Waals surface area contributed by atoms with Crippen LogP contribution in [0.25, 0.3) is 5.82 Å². The number of hydrogen-bond donors (Lipinski definition) is 0. The van der Waals surface area contributed by atoms with E-state index in [1.54, 1.807) is 37.5 Å². The van der Waals surface area contributed by atoms with Gasteiger partial charge in [-0.15, -0.1) is 0 Å². The molecule has 3 aromatic rings. The SMILES string of the molecule is Cc1cc(-n2c(C)cc(C(=O)COC(=O)c3cc(F)cc(F)c3)c2C)no1. The van der Waals surface area contributed by atoms with Gasteiger partial charge in [0.2, 0.25) is 5.78 Å². The Hall–Kier alpha value is -3.29. The minimum atomic E-state index is -0.984. The largest absolute Gasteiger partial charge is 0.454 e. The van der Waals surface area contributed by atoms with Crippen LogP contribution in [0.15, 0.2) is 34.9 Å². The van der Waals surface area contributed by atoms with Crippen molar-refractivity contribution >= 4 is 11.8 Å². The molecule has 140 valence electrons. The number of hydrogen-bond acceptors (Lipinski definition) is 5. The molecule has 0 atom stereocenters. The van der Waals surface area contributed by atoms with Crippen molar-refractivity contribution in [3.63, 3.8) is 0 Å². The van der Waals surface area contributed by atoms with E-state index in [4.69, 9.17) is 9.26 Å². The van der Waals surface area contributed by atoms with E-state index in [0.717, 1.165) is 17.8 Å². The maximum atomic E-state index is 13.2. The maximum Gasteiger partial charge on any atom is 0.338 e. The number of nitrogens with zero attached hydrogens (tertiary/aromatic N) is 2. The summed E-state index contributed by atoms with van der Waals surface area (Å²) in [7, 11) is 0. The molecule has 0 unspecified atom stereocenters. The Labute approximate surface area is 153 Å². The minimum Gasteiger partial charge on any atom is -0.454 e. The highest BCUT2D eigenvalue weighted by molar-refractivity contribution is 6.00. The predicted octanol–water partition coefficient (Wildman–Crippen LogP) is 3.71. The van der Waals surface area contributed by atoms with Crippen molar-refractivity contribution in [1.82, 2.24) is 9.72 Å². The lowest BCUT2D eigenvalue weighted by Crippen LogP contribution is -2.15. The van der Waals surface area contributed by atoms with Gasteiger partial charge in [0.25, 0.3) is 0 Å². The first-order chi connectivity index (χ1) is 12.8. The van der Waals surface area contributed by atoms with Crippen molar-refractivity contribution in [2.24, 2.45) is 0 Å². The standard InChI is InChI=1S/C19H16F2N2O4/c1-10-4-16(12(3)23(10)18-5-11(2)27-22-18)17(24)9-26-19(25)13-6-14(20)8-15(21)7-13/h4-8H,9H2,1-3H3. The lowest BCUT2D eigenvalue weighted by Gasteiger charge is -2.06. The molecular formula is C19H16F2N2O4. The number of carbonyl (C=O) groups is 2. The Balaban J connectivity index is 1.76. The zero-order chi connectivity index (χ0) is 19.7. The highest BCUT2D eigenvalue weighted by Gasteiger charge is 2.20. The summed E-state index contributed by atoms with van der Waals surface area (Å²) >= 11 is 0. The molecule has 0 radical (unpaired) electrons. The number of halogens is 2. The summed E-state index contributed by atoms with van der Waals surface area (Å²) in [6.45, 7) is 4.73. The summed E-state index contributed by atoms with van der Waals surface area (Å²) in [6, 6.07) is 5.70. The van der Waals surface area contributed by atoms with Crippen LogP contribution in [-0.2, 0) is 4.74 Å². The van der Waals surface area contributed by atoms with Gasteiger partial charge in [-0.05, 0) is 39.0 Å². The predicted molar refractivity (Wildman–Crippen MR) is 91.0 cm³/mol. The number of Topliss-reactive ketones (excluding diaryl/α,β-unsaturated/α-hetero) is 1. The van der Waals surface area contributed by atoms with Crippen molar-refractivity contribution in [2.45, 2.75) is 20.8 Å². The molecule has 27 heavy (non-hydrogen) atoms. The van der Waals surface area contributed by atoms with E-state index >= 15 is 0 Å². The highest BCUT2D eigenvalue weighted by Crippen LogP contribution is 2.21. The molecule has 0 aliphatic carbocycles. The van der Waals surface area contributed by atoms with Crippen molar-refractivity contribution in [3.05, 3.63) is 70.2 Å². The quantitative estimate of drug-likeness (QED) is 0.503. The molecule has 0 amide bonds. The average molecular weight is 374 g/mol. The fourth-order valence-electron chi connectivity index (χ4n) is 2.82. The first kappa shape index (κ1) is 18.5. The van der Waals surface area contributed by atoms with Crippen LogP contribution in [0, 0.1) is 32.4 Å². The number of rotatable bonds is 5. The molecule has 2 aromatic heterocycles. The first-order valence-electron chi connectivity index (χ1n) is 8.05. The van der Waals surface area contributed by atoms with Crippen molar-refractivity contribution in [2.75, 3.05) is 6.61 Å². The monoisotopic (exact) mass is 374 g/mol. The Bertz CT molecular complexity index is 1020. The van der Waals surface area contributed by atoms with Gasteiger partial charge in [0.1, 0.15) is 17.4 Å². The third kappa shape index (κ3) is 3.79. The second-order valence-electron chi connectivity index (χ2n) is 6.07. The van der Waals surface area contributed by atoms with Crippen LogP contribution in [-0.4, -0.2) is 28.1 Å². The second kappa shape index (κ2) is 7.14. The number of aromatic nitrogens is 2. The first-order valence-corrected chi connectivity index (χ1v) is 8.05. The van der Waals surface area contributed by atoms with E-state index in [1.165, 1.54) is 0 Å². The van der Waals surface area contributed by atoms with Crippen LogP contribution < -0.4 is 0 Å². The molecule has 3 rings (SSSR count). The fourth-order valence-corrected chi connectivity index (χ4v) is 2.82. The van der Waals surface area contributed by atoms with E-state index in [0.29, 0.717) is 28.9 Å². The van der Waals surface area contributed by atoms with Crippen LogP contribution >= 0.6 is 0 Å². The van der Waals surface area contributed by atoms with E-state index < -0.39 is 30.0 Å². The van der Waals surface area contributed by atoms with Crippen LogP contribution in [0.1, 0.15) is 37.9 Å². The molecule has 0 aliphatic rings. The van der Waals surface area contributed by atoms with E-state index in [1.807, 2.05) is 0 Å². The Morgan fingerprint density at radius 3 is 2.33 bits per heavy atom. The average Bonchev–Trinajstić information content (AvgIpc) is 3.14. The van der Waals surface area contributed by atoms with E-state index in [9.17, 15) is 18.4 Å². The number of ketones is 1. The molecule has 0 spiro atoms. The number of ether oxygens (including phenoxy) is 1. The van der Waals surface area contributed by atoms with Crippen molar-refractivity contribution in [3.8, 4) is 5.82 Å². The third-order valence-corrected chi connectivity index (χ3v) is 4.01. The van der Waals surface area contributed by atoms with Crippen LogP contribution in [0.3, 0.4) is 0 Å². The molecule has 0 saturated heterocycles.